The summed E-state index contributed by atoms with van der Waals surface area (Å²) in [5.41, 5.74) is 2.72. The van der Waals surface area contributed by atoms with Gasteiger partial charge in [-0.2, -0.15) is 5.26 Å². The summed E-state index contributed by atoms with van der Waals surface area (Å²) in [6, 6.07) is 15.4. The summed E-state index contributed by atoms with van der Waals surface area (Å²) in [5.74, 6) is 1.77. The van der Waals surface area contributed by atoms with E-state index in [0.29, 0.717) is 10.6 Å². The highest BCUT2D eigenvalue weighted by molar-refractivity contribution is 6.31. The van der Waals surface area contributed by atoms with Gasteiger partial charge in [-0.05, 0) is 70.9 Å². The maximum atomic E-state index is 9.27. The smallest absolute Gasteiger partial charge is 0.148 e. The van der Waals surface area contributed by atoms with Gasteiger partial charge in [0.15, 0.2) is 0 Å². The number of para-hydroxylation sites is 1. The molecule has 0 saturated carbocycles. The standard InChI is InChI=1S/C26H28ClN3O2/c1-25(2)13-18(14-26(3,4)32-25)22-16-30(19-11-10-17(15-28)21(27)12-19)24(29-22)20-8-6-7-9-23(20)31-5/h6-12,16,18H,13-14H2,1-5H3. The summed E-state index contributed by atoms with van der Waals surface area (Å²) in [4.78, 5) is 5.11. The van der Waals surface area contributed by atoms with Gasteiger partial charge in [-0.1, -0.05) is 23.7 Å². The van der Waals surface area contributed by atoms with Crippen LogP contribution < -0.4 is 4.74 Å². The second-order valence-corrected chi connectivity index (χ2v) is 9.97. The van der Waals surface area contributed by atoms with E-state index in [1.807, 2.05) is 41.0 Å². The van der Waals surface area contributed by atoms with Crippen LogP contribution in [0.5, 0.6) is 5.75 Å². The molecule has 1 aliphatic rings. The van der Waals surface area contributed by atoms with Crippen LogP contribution in [0.3, 0.4) is 0 Å². The zero-order valence-corrected chi connectivity index (χ0v) is 19.9. The van der Waals surface area contributed by atoms with Crippen molar-refractivity contribution >= 4 is 11.6 Å². The number of nitrogens with zero attached hydrogens (tertiary/aromatic N) is 3. The zero-order chi connectivity index (χ0) is 23.1. The lowest BCUT2D eigenvalue weighted by Crippen LogP contribution is -2.44. The molecule has 0 atom stereocenters. The molecule has 166 valence electrons. The number of hydrogen-bond acceptors (Lipinski definition) is 4. The lowest BCUT2D eigenvalue weighted by Gasteiger charge is -2.45. The first-order chi connectivity index (χ1) is 15.1. The molecule has 1 aliphatic heterocycles. The molecule has 1 fully saturated rings. The van der Waals surface area contributed by atoms with Crippen LogP contribution >= 0.6 is 11.6 Å². The van der Waals surface area contributed by atoms with Gasteiger partial charge in [0.25, 0.3) is 0 Å². The third-order valence-electron chi connectivity index (χ3n) is 5.87. The molecule has 0 radical (unpaired) electrons. The van der Waals surface area contributed by atoms with E-state index in [-0.39, 0.29) is 17.1 Å². The number of nitriles is 1. The Kier molecular flexibility index (Phi) is 5.79. The van der Waals surface area contributed by atoms with Crippen LogP contribution in [-0.2, 0) is 4.74 Å². The summed E-state index contributed by atoms with van der Waals surface area (Å²) in [6.07, 6.45) is 3.85. The Bertz CT molecular complexity index is 1170. The number of hydrogen-bond donors (Lipinski definition) is 0. The van der Waals surface area contributed by atoms with Crippen LogP contribution in [0.25, 0.3) is 17.1 Å². The fraction of sp³-hybridized carbons (Fsp3) is 0.385. The normalized spacial score (nSPS) is 17.7. The zero-order valence-electron chi connectivity index (χ0n) is 19.1. The van der Waals surface area contributed by atoms with Gasteiger partial charge in [-0.3, -0.25) is 4.57 Å². The number of methoxy groups -OCH3 is 1. The Morgan fingerprint density at radius 1 is 1.12 bits per heavy atom. The van der Waals surface area contributed by atoms with Crippen LogP contribution in [0.2, 0.25) is 5.02 Å². The van der Waals surface area contributed by atoms with Gasteiger partial charge in [0, 0.05) is 17.8 Å². The lowest BCUT2D eigenvalue weighted by atomic mass is 9.79. The highest BCUT2D eigenvalue weighted by Gasteiger charge is 2.41. The maximum Gasteiger partial charge on any atom is 0.148 e. The minimum absolute atomic E-state index is 0.238. The molecule has 0 aliphatic carbocycles. The monoisotopic (exact) mass is 449 g/mol. The molecule has 0 amide bonds. The van der Waals surface area contributed by atoms with Crippen molar-refractivity contribution < 1.29 is 9.47 Å². The highest BCUT2D eigenvalue weighted by Crippen LogP contribution is 2.44. The molecule has 0 N–H and O–H groups in total. The molecular formula is C26H28ClN3O2. The Hall–Kier alpha value is -2.81. The average molecular weight is 450 g/mol. The van der Waals surface area contributed by atoms with E-state index >= 15 is 0 Å². The van der Waals surface area contributed by atoms with Gasteiger partial charge in [0.1, 0.15) is 17.6 Å². The molecule has 0 unspecified atom stereocenters. The number of aromatic nitrogens is 2. The van der Waals surface area contributed by atoms with E-state index in [4.69, 9.17) is 26.1 Å². The molecule has 32 heavy (non-hydrogen) atoms. The van der Waals surface area contributed by atoms with Crippen molar-refractivity contribution in [3.63, 3.8) is 0 Å². The van der Waals surface area contributed by atoms with Gasteiger partial charge in [0.05, 0.1) is 40.2 Å². The summed E-state index contributed by atoms with van der Waals surface area (Å²) >= 11 is 6.37. The number of halogens is 1. The third-order valence-corrected chi connectivity index (χ3v) is 6.18. The lowest BCUT2D eigenvalue weighted by molar-refractivity contribution is -0.162. The molecule has 2 heterocycles. The van der Waals surface area contributed by atoms with E-state index in [1.54, 1.807) is 13.2 Å². The summed E-state index contributed by atoms with van der Waals surface area (Å²) in [5, 5.41) is 9.69. The van der Waals surface area contributed by atoms with Crippen molar-refractivity contribution in [2.75, 3.05) is 7.11 Å². The van der Waals surface area contributed by atoms with E-state index in [0.717, 1.165) is 41.4 Å². The van der Waals surface area contributed by atoms with Gasteiger partial charge >= 0.3 is 0 Å². The van der Waals surface area contributed by atoms with Crippen molar-refractivity contribution in [2.45, 2.75) is 57.7 Å². The van der Waals surface area contributed by atoms with E-state index in [2.05, 4.69) is 40.0 Å². The van der Waals surface area contributed by atoms with Crippen LogP contribution in [-0.4, -0.2) is 27.9 Å². The second-order valence-electron chi connectivity index (χ2n) is 9.56. The minimum Gasteiger partial charge on any atom is -0.496 e. The molecule has 6 heteroatoms. The molecule has 0 bridgehead atoms. The predicted octanol–water partition coefficient (Wildman–Crippen LogP) is 6.52. The summed E-state index contributed by atoms with van der Waals surface area (Å²) in [7, 11) is 1.66. The first kappa shape index (κ1) is 22.4. The minimum atomic E-state index is -0.238. The SMILES string of the molecule is COc1ccccc1-c1nc(C2CC(C)(C)OC(C)(C)C2)cn1-c1ccc(C#N)c(Cl)c1. The van der Waals surface area contributed by atoms with Crippen molar-refractivity contribution in [3.05, 3.63) is 64.9 Å². The van der Waals surface area contributed by atoms with Gasteiger partial charge in [0.2, 0.25) is 0 Å². The quantitative estimate of drug-likeness (QED) is 0.454. The van der Waals surface area contributed by atoms with Crippen LogP contribution in [0.1, 0.15) is 57.7 Å². The number of rotatable bonds is 4. The Labute approximate surface area is 194 Å². The highest BCUT2D eigenvalue weighted by atomic mass is 35.5. The van der Waals surface area contributed by atoms with Crippen molar-refractivity contribution in [2.24, 2.45) is 0 Å². The summed E-state index contributed by atoms with van der Waals surface area (Å²) in [6.45, 7) is 8.55. The number of ether oxygens (including phenoxy) is 2. The molecule has 4 rings (SSSR count). The molecule has 1 saturated heterocycles. The molecule has 0 spiro atoms. The molecule has 5 nitrogen and oxygen atoms in total. The Balaban J connectivity index is 1.88. The van der Waals surface area contributed by atoms with E-state index in [9.17, 15) is 5.26 Å². The van der Waals surface area contributed by atoms with Crippen molar-refractivity contribution in [1.82, 2.24) is 9.55 Å². The molecule has 3 aromatic rings. The number of imidazole rings is 1. The van der Waals surface area contributed by atoms with Gasteiger partial charge in [-0.25, -0.2) is 4.98 Å². The molecule has 2 aromatic carbocycles. The van der Waals surface area contributed by atoms with Crippen molar-refractivity contribution in [3.8, 4) is 28.9 Å². The topological polar surface area (TPSA) is 60.1 Å². The first-order valence-corrected chi connectivity index (χ1v) is 11.1. The average Bonchev–Trinajstić information content (AvgIpc) is 3.17. The summed E-state index contributed by atoms with van der Waals surface area (Å²) < 4.78 is 14.0. The second kappa shape index (κ2) is 8.27. The van der Waals surface area contributed by atoms with Crippen LogP contribution in [0, 0.1) is 11.3 Å². The van der Waals surface area contributed by atoms with Crippen LogP contribution in [0.15, 0.2) is 48.7 Å². The van der Waals surface area contributed by atoms with Crippen molar-refractivity contribution in [1.29, 1.82) is 5.26 Å². The molecular weight excluding hydrogens is 422 g/mol. The largest absolute Gasteiger partial charge is 0.496 e. The Morgan fingerprint density at radius 3 is 2.44 bits per heavy atom. The number of benzene rings is 2. The first-order valence-electron chi connectivity index (χ1n) is 10.8. The fourth-order valence-electron chi connectivity index (χ4n) is 4.86. The van der Waals surface area contributed by atoms with Crippen LogP contribution in [0.4, 0.5) is 0 Å². The third kappa shape index (κ3) is 4.39. The van der Waals surface area contributed by atoms with E-state index < -0.39 is 0 Å². The predicted molar refractivity (Wildman–Crippen MR) is 126 cm³/mol. The van der Waals surface area contributed by atoms with Gasteiger partial charge in [-0.15, -0.1) is 0 Å². The Morgan fingerprint density at radius 2 is 1.81 bits per heavy atom. The molecule has 1 aromatic heterocycles. The maximum absolute atomic E-state index is 9.27. The van der Waals surface area contributed by atoms with E-state index in [1.165, 1.54) is 0 Å². The fourth-order valence-corrected chi connectivity index (χ4v) is 5.07. The van der Waals surface area contributed by atoms with Gasteiger partial charge < -0.3 is 9.47 Å².